The Morgan fingerprint density at radius 2 is 2.00 bits per heavy atom. The molecular weight excluding hydrogens is 300 g/mol. The number of hydrogen-bond donors (Lipinski definition) is 1. The lowest BCUT2D eigenvalue weighted by Crippen LogP contribution is -2.36. The van der Waals surface area contributed by atoms with Gasteiger partial charge in [-0.15, -0.1) is 0 Å². The highest BCUT2D eigenvalue weighted by Gasteiger charge is 2.19. The fourth-order valence-electron chi connectivity index (χ4n) is 3.11. The molecule has 1 aromatic carbocycles. The SMILES string of the molecule is CCc1cccc(C)c1Nc1nccc(C(=O)N2CCCCC2)n1. The van der Waals surface area contributed by atoms with Gasteiger partial charge in [0.05, 0.1) is 0 Å². The van der Waals surface area contributed by atoms with Crippen LogP contribution in [0, 0.1) is 6.92 Å². The van der Waals surface area contributed by atoms with E-state index in [1.807, 2.05) is 4.90 Å². The van der Waals surface area contributed by atoms with Crippen LogP contribution in [0.3, 0.4) is 0 Å². The molecule has 0 atom stereocenters. The van der Waals surface area contributed by atoms with Crippen molar-refractivity contribution in [2.75, 3.05) is 18.4 Å². The maximum atomic E-state index is 12.6. The number of carbonyl (C=O) groups excluding carboxylic acids is 1. The van der Waals surface area contributed by atoms with Crippen molar-refractivity contribution in [1.82, 2.24) is 14.9 Å². The molecule has 126 valence electrons. The molecule has 3 rings (SSSR count). The first kappa shape index (κ1) is 16.4. The summed E-state index contributed by atoms with van der Waals surface area (Å²) in [7, 11) is 0. The molecule has 0 saturated carbocycles. The molecule has 0 unspecified atom stereocenters. The molecule has 0 radical (unpaired) electrons. The van der Waals surface area contributed by atoms with Crippen LogP contribution in [0.5, 0.6) is 0 Å². The Hall–Kier alpha value is -2.43. The van der Waals surface area contributed by atoms with Gasteiger partial charge in [0.1, 0.15) is 5.69 Å². The number of nitrogens with zero attached hydrogens (tertiary/aromatic N) is 3. The zero-order valence-electron chi connectivity index (χ0n) is 14.4. The van der Waals surface area contributed by atoms with Crippen molar-refractivity contribution < 1.29 is 4.79 Å². The van der Waals surface area contributed by atoms with E-state index in [4.69, 9.17) is 0 Å². The number of benzene rings is 1. The molecule has 0 bridgehead atoms. The van der Waals surface area contributed by atoms with Crippen LogP contribution >= 0.6 is 0 Å². The van der Waals surface area contributed by atoms with Crippen LogP contribution in [0.15, 0.2) is 30.5 Å². The van der Waals surface area contributed by atoms with E-state index in [1.54, 1.807) is 12.3 Å². The van der Waals surface area contributed by atoms with Gasteiger partial charge in [-0.3, -0.25) is 4.79 Å². The minimum atomic E-state index is 0.000601. The van der Waals surface area contributed by atoms with Crippen LogP contribution in [0.1, 0.15) is 47.8 Å². The molecular formula is C19H24N4O. The average molecular weight is 324 g/mol. The van der Waals surface area contributed by atoms with Gasteiger partial charge in [0.2, 0.25) is 5.95 Å². The highest BCUT2D eigenvalue weighted by Crippen LogP contribution is 2.24. The number of amides is 1. The monoisotopic (exact) mass is 324 g/mol. The van der Waals surface area contributed by atoms with Crippen LogP contribution in [0.25, 0.3) is 0 Å². The minimum Gasteiger partial charge on any atom is -0.337 e. The van der Waals surface area contributed by atoms with Gasteiger partial charge in [-0.1, -0.05) is 25.1 Å². The summed E-state index contributed by atoms with van der Waals surface area (Å²) >= 11 is 0. The number of rotatable bonds is 4. The number of nitrogens with one attached hydrogen (secondary N) is 1. The van der Waals surface area contributed by atoms with Gasteiger partial charge in [-0.05, 0) is 49.8 Å². The maximum absolute atomic E-state index is 12.6. The Labute approximate surface area is 143 Å². The molecule has 24 heavy (non-hydrogen) atoms. The van der Waals surface area contributed by atoms with E-state index in [1.165, 1.54) is 12.0 Å². The summed E-state index contributed by atoms with van der Waals surface area (Å²) in [6, 6.07) is 7.90. The second kappa shape index (κ2) is 7.43. The van der Waals surface area contributed by atoms with Crippen LogP contribution in [-0.2, 0) is 6.42 Å². The van der Waals surface area contributed by atoms with Crippen molar-refractivity contribution in [3.63, 3.8) is 0 Å². The maximum Gasteiger partial charge on any atom is 0.272 e. The Morgan fingerprint density at radius 3 is 2.75 bits per heavy atom. The van der Waals surface area contributed by atoms with Gasteiger partial charge in [0.15, 0.2) is 0 Å². The Bertz CT molecular complexity index is 723. The van der Waals surface area contributed by atoms with Crippen LogP contribution in [-0.4, -0.2) is 33.9 Å². The van der Waals surface area contributed by atoms with Gasteiger partial charge in [-0.25, -0.2) is 9.97 Å². The summed E-state index contributed by atoms with van der Waals surface area (Å²) in [4.78, 5) is 23.2. The number of aromatic nitrogens is 2. The fourth-order valence-corrected chi connectivity index (χ4v) is 3.11. The summed E-state index contributed by atoms with van der Waals surface area (Å²) in [5.41, 5.74) is 3.85. The fraction of sp³-hybridized carbons (Fsp3) is 0.421. The molecule has 1 aliphatic rings. The zero-order valence-corrected chi connectivity index (χ0v) is 14.4. The summed E-state index contributed by atoms with van der Waals surface area (Å²) in [5, 5.41) is 3.30. The van der Waals surface area contributed by atoms with Crippen LogP contribution < -0.4 is 5.32 Å². The summed E-state index contributed by atoms with van der Waals surface area (Å²) in [6.07, 6.45) is 5.93. The lowest BCUT2D eigenvalue weighted by molar-refractivity contribution is 0.0718. The number of piperidine rings is 1. The highest BCUT2D eigenvalue weighted by molar-refractivity contribution is 5.92. The van der Waals surface area contributed by atoms with E-state index in [0.29, 0.717) is 11.6 Å². The number of anilines is 2. The molecule has 5 nitrogen and oxygen atoms in total. The van der Waals surface area contributed by atoms with E-state index in [0.717, 1.165) is 43.6 Å². The summed E-state index contributed by atoms with van der Waals surface area (Å²) in [5.74, 6) is 0.475. The smallest absolute Gasteiger partial charge is 0.272 e. The second-order valence-corrected chi connectivity index (χ2v) is 6.21. The first-order chi connectivity index (χ1) is 11.7. The van der Waals surface area contributed by atoms with Gasteiger partial charge in [-0.2, -0.15) is 0 Å². The largest absolute Gasteiger partial charge is 0.337 e. The van der Waals surface area contributed by atoms with Crippen molar-refractivity contribution in [1.29, 1.82) is 0 Å². The number of para-hydroxylation sites is 1. The molecule has 0 spiro atoms. The quantitative estimate of drug-likeness (QED) is 0.931. The van der Waals surface area contributed by atoms with Crippen molar-refractivity contribution in [2.45, 2.75) is 39.5 Å². The molecule has 0 aliphatic carbocycles. The number of carbonyl (C=O) groups is 1. The highest BCUT2D eigenvalue weighted by atomic mass is 16.2. The Kier molecular flexibility index (Phi) is 5.08. The van der Waals surface area contributed by atoms with Crippen molar-refractivity contribution in [3.8, 4) is 0 Å². The van der Waals surface area contributed by atoms with E-state index >= 15 is 0 Å². The third-order valence-corrected chi connectivity index (χ3v) is 4.49. The number of aryl methyl sites for hydroxylation is 2. The predicted molar refractivity (Wildman–Crippen MR) is 95.6 cm³/mol. The minimum absolute atomic E-state index is 0.000601. The normalized spacial score (nSPS) is 14.5. The van der Waals surface area contributed by atoms with Gasteiger partial charge < -0.3 is 10.2 Å². The molecule has 1 saturated heterocycles. The first-order valence-corrected chi connectivity index (χ1v) is 8.67. The average Bonchev–Trinajstić information content (AvgIpc) is 2.64. The van der Waals surface area contributed by atoms with Crippen LogP contribution in [0.2, 0.25) is 0 Å². The predicted octanol–water partition coefficient (Wildman–Crippen LogP) is 3.72. The second-order valence-electron chi connectivity index (χ2n) is 6.21. The first-order valence-electron chi connectivity index (χ1n) is 8.67. The molecule has 1 aromatic heterocycles. The van der Waals surface area contributed by atoms with Gasteiger partial charge >= 0.3 is 0 Å². The number of hydrogen-bond acceptors (Lipinski definition) is 4. The lowest BCUT2D eigenvalue weighted by Gasteiger charge is -2.26. The molecule has 1 amide bonds. The lowest BCUT2D eigenvalue weighted by atomic mass is 10.1. The van der Waals surface area contributed by atoms with E-state index in [2.05, 4.69) is 47.3 Å². The summed E-state index contributed by atoms with van der Waals surface area (Å²) < 4.78 is 0. The third-order valence-electron chi connectivity index (χ3n) is 4.49. The topological polar surface area (TPSA) is 58.1 Å². The van der Waals surface area contributed by atoms with Gasteiger partial charge in [0, 0.05) is 25.0 Å². The van der Waals surface area contributed by atoms with E-state index in [-0.39, 0.29) is 5.91 Å². The standard InChI is InChI=1S/C19H24N4O/c1-3-15-9-7-8-14(2)17(15)22-19-20-11-10-16(21-19)18(24)23-12-5-4-6-13-23/h7-11H,3-6,12-13H2,1-2H3,(H,20,21,22). The van der Waals surface area contributed by atoms with Crippen molar-refractivity contribution >= 4 is 17.5 Å². The van der Waals surface area contributed by atoms with E-state index in [9.17, 15) is 4.79 Å². The van der Waals surface area contributed by atoms with Crippen molar-refractivity contribution in [2.24, 2.45) is 0 Å². The molecule has 5 heteroatoms. The Balaban J connectivity index is 1.82. The third kappa shape index (κ3) is 3.55. The molecule has 1 fully saturated rings. The van der Waals surface area contributed by atoms with E-state index < -0.39 is 0 Å². The Morgan fingerprint density at radius 1 is 1.21 bits per heavy atom. The molecule has 1 aliphatic heterocycles. The molecule has 2 heterocycles. The molecule has 2 aromatic rings. The summed E-state index contributed by atoms with van der Waals surface area (Å²) in [6.45, 7) is 5.83. The van der Waals surface area contributed by atoms with Gasteiger partial charge in [0.25, 0.3) is 5.91 Å². The molecule has 1 N–H and O–H groups in total. The van der Waals surface area contributed by atoms with Crippen molar-refractivity contribution in [3.05, 3.63) is 47.3 Å². The van der Waals surface area contributed by atoms with Crippen LogP contribution in [0.4, 0.5) is 11.6 Å². The zero-order chi connectivity index (χ0) is 16.9. The number of likely N-dealkylation sites (tertiary alicyclic amines) is 1.